The van der Waals surface area contributed by atoms with Crippen LogP contribution in [0.1, 0.15) is 30.3 Å². The highest BCUT2D eigenvalue weighted by Crippen LogP contribution is 2.44. The summed E-state index contributed by atoms with van der Waals surface area (Å²) in [5, 5.41) is 10.4. The zero-order valence-electron chi connectivity index (χ0n) is 8.46. The molecule has 1 aromatic rings. The summed E-state index contributed by atoms with van der Waals surface area (Å²) in [7, 11) is 0. The van der Waals surface area contributed by atoms with Gasteiger partial charge in [0.2, 0.25) is 0 Å². The van der Waals surface area contributed by atoms with Gasteiger partial charge in [0.1, 0.15) is 0 Å². The number of nitrogens with one attached hydrogen (secondary N) is 1. The molecule has 1 aliphatic rings. The summed E-state index contributed by atoms with van der Waals surface area (Å²) >= 11 is 5.57. The fourth-order valence-corrected chi connectivity index (χ4v) is 1.31. The highest BCUT2D eigenvalue weighted by atomic mass is 35.5. The fourth-order valence-electron chi connectivity index (χ4n) is 1.21. The SMILES string of the molecule is CC1(CNC(=O)c2ccc(Cl)nn2)CC1. The summed E-state index contributed by atoms with van der Waals surface area (Å²) in [6, 6.07) is 3.13. The molecule has 1 N–H and O–H groups in total. The Morgan fingerprint density at radius 2 is 2.27 bits per heavy atom. The van der Waals surface area contributed by atoms with E-state index in [9.17, 15) is 4.79 Å². The molecule has 0 aromatic carbocycles. The molecule has 1 saturated carbocycles. The summed E-state index contributed by atoms with van der Waals surface area (Å²) in [5.74, 6) is -0.188. The van der Waals surface area contributed by atoms with Crippen molar-refractivity contribution in [3.63, 3.8) is 0 Å². The summed E-state index contributed by atoms with van der Waals surface area (Å²) in [4.78, 5) is 11.6. The van der Waals surface area contributed by atoms with Gasteiger partial charge in [0.05, 0.1) is 0 Å². The molecule has 0 atom stereocenters. The predicted octanol–water partition coefficient (Wildman–Crippen LogP) is 1.66. The van der Waals surface area contributed by atoms with Crippen molar-refractivity contribution in [3.8, 4) is 0 Å². The first kappa shape index (κ1) is 10.4. The molecule has 0 bridgehead atoms. The van der Waals surface area contributed by atoms with E-state index < -0.39 is 0 Å². The minimum Gasteiger partial charge on any atom is -0.350 e. The number of nitrogens with zero attached hydrogens (tertiary/aromatic N) is 2. The van der Waals surface area contributed by atoms with Crippen LogP contribution < -0.4 is 5.32 Å². The van der Waals surface area contributed by atoms with Crippen LogP contribution in [0.3, 0.4) is 0 Å². The van der Waals surface area contributed by atoms with Crippen LogP contribution in [0.25, 0.3) is 0 Å². The summed E-state index contributed by atoms with van der Waals surface area (Å²) in [6.45, 7) is 2.86. The Labute approximate surface area is 93.0 Å². The van der Waals surface area contributed by atoms with Crippen LogP contribution in [0.15, 0.2) is 12.1 Å². The smallest absolute Gasteiger partial charge is 0.271 e. The number of carbonyl (C=O) groups is 1. The predicted molar refractivity (Wildman–Crippen MR) is 56.7 cm³/mol. The topological polar surface area (TPSA) is 54.9 Å². The summed E-state index contributed by atoms with van der Waals surface area (Å²) < 4.78 is 0. The Balaban J connectivity index is 1.92. The van der Waals surface area contributed by atoms with Gasteiger partial charge in [0.15, 0.2) is 10.8 Å². The molecule has 0 saturated heterocycles. The Hall–Kier alpha value is -1.16. The zero-order valence-corrected chi connectivity index (χ0v) is 9.21. The molecular formula is C10H12ClN3O. The first-order valence-corrected chi connectivity index (χ1v) is 5.24. The van der Waals surface area contributed by atoms with Crippen LogP contribution in [-0.4, -0.2) is 22.6 Å². The van der Waals surface area contributed by atoms with Gasteiger partial charge in [-0.2, -0.15) is 0 Å². The lowest BCUT2D eigenvalue weighted by Gasteiger charge is -2.08. The van der Waals surface area contributed by atoms with Crippen LogP contribution in [0.4, 0.5) is 0 Å². The van der Waals surface area contributed by atoms with Gasteiger partial charge in [-0.3, -0.25) is 4.79 Å². The number of carbonyl (C=O) groups excluding carboxylic acids is 1. The van der Waals surface area contributed by atoms with Crippen molar-refractivity contribution in [1.29, 1.82) is 0 Å². The second kappa shape index (κ2) is 3.77. The largest absolute Gasteiger partial charge is 0.350 e. The van der Waals surface area contributed by atoms with E-state index in [4.69, 9.17) is 11.6 Å². The van der Waals surface area contributed by atoms with Crippen LogP contribution in [0.5, 0.6) is 0 Å². The maximum atomic E-state index is 11.6. The lowest BCUT2D eigenvalue weighted by molar-refractivity contribution is 0.0940. The Morgan fingerprint density at radius 1 is 1.53 bits per heavy atom. The molecule has 1 amide bonds. The summed E-state index contributed by atoms with van der Waals surface area (Å²) in [5.41, 5.74) is 0.610. The molecular weight excluding hydrogens is 214 g/mol. The van der Waals surface area contributed by atoms with Gasteiger partial charge in [0.25, 0.3) is 5.91 Å². The fraction of sp³-hybridized carbons (Fsp3) is 0.500. The Morgan fingerprint density at radius 3 is 2.80 bits per heavy atom. The summed E-state index contributed by atoms with van der Waals surface area (Å²) in [6.07, 6.45) is 2.36. The molecule has 1 aromatic heterocycles. The van der Waals surface area contributed by atoms with Gasteiger partial charge in [-0.25, -0.2) is 0 Å². The zero-order chi connectivity index (χ0) is 10.9. The molecule has 4 nitrogen and oxygen atoms in total. The van der Waals surface area contributed by atoms with E-state index in [0.717, 1.165) is 0 Å². The third kappa shape index (κ3) is 2.65. The molecule has 0 radical (unpaired) electrons. The third-order valence-corrected chi connectivity index (χ3v) is 2.85. The van der Waals surface area contributed by atoms with E-state index >= 15 is 0 Å². The molecule has 0 aliphatic heterocycles. The average Bonchev–Trinajstić information content (AvgIpc) is 2.95. The molecule has 1 aliphatic carbocycles. The van der Waals surface area contributed by atoms with Crippen molar-refractivity contribution >= 4 is 17.5 Å². The Bertz CT molecular complexity index is 373. The van der Waals surface area contributed by atoms with Crippen molar-refractivity contribution in [3.05, 3.63) is 23.0 Å². The van der Waals surface area contributed by atoms with Gasteiger partial charge >= 0.3 is 0 Å². The number of hydrogen-bond acceptors (Lipinski definition) is 3. The molecule has 0 unspecified atom stereocenters. The maximum Gasteiger partial charge on any atom is 0.271 e. The lowest BCUT2D eigenvalue weighted by atomic mass is 10.1. The molecule has 80 valence electrons. The number of aromatic nitrogens is 2. The molecule has 5 heteroatoms. The van der Waals surface area contributed by atoms with E-state index in [1.807, 2.05) is 0 Å². The molecule has 1 fully saturated rings. The molecule has 0 spiro atoms. The van der Waals surface area contributed by atoms with Gasteiger partial charge in [-0.1, -0.05) is 18.5 Å². The van der Waals surface area contributed by atoms with Crippen molar-refractivity contribution in [2.45, 2.75) is 19.8 Å². The minimum absolute atomic E-state index is 0.188. The average molecular weight is 226 g/mol. The highest BCUT2D eigenvalue weighted by Gasteiger charge is 2.37. The maximum absolute atomic E-state index is 11.6. The quantitative estimate of drug-likeness (QED) is 0.851. The molecule has 1 heterocycles. The first-order valence-electron chi connectivity index (χ1n) is 4.87. The minimum atomic E-state index is -0.188. The second-order valence-corrected chi connectivity index (χ2v) is 4.62. The molecule has 2 rings (SSSR count). The monoisotopic (exact) mass is 225 g/mol. The van der Waals surface area contributed by atoms with E-state index in [-0.39, 0.29) is 5.91 Å². The van der Waals surface area contributed by atoms with Gasteiger partial charge in [-0.15, -0.1) is 10.2 Å². The standard InChI is InChI=1S/C10H12ClN3O/c1-10(4-5-10)6-12-9(15)7-2-3-8(11)14-13-7/h2-3H,4-6H2,1H3,(H,12,15). The van der Waals surface area contributed by atoms with Crippen LogP contribution in [0, 0.1) is 5.41 Å². The van der Waals surface area contributed by atoms with Gasteiger partial charge in [-0.05, 0) is 30.4 Å². The second-order valence-electron chi connectivity index (χ2n) is 4.23. The van der Waals surface area contributed by atoms with E-state index in [1.54, 1.807) is 12.1 Å². The lowest BCUT2D eigenvalue weighted by Crippen LogP contribution is -2.29. The van der Waals surface area contributed by atoms with Crippen molar-refractivity contribution in [2.24, 2.45) is 5.41 Å². The van der Waals surface area contributed by atoms with E-state index in [1.165, 1.54) is 12.8 Å². The number of hydrogen-bond donors (Lipinski definition) is 1. The number of amides is 1. The van der Waals surface area contributed by atoms with Crippen molar-refractivity contribution in [1.82, 2.24) is 15.5 Å². The molecule has 15 heavy (non-hydrogen) atoms. The van der Waals surface area contributed by atoms with Crippen LogP contribution >= 0.6 is 11.6 Å². The number of rotatable bonds is 3. The van der Waals surface area contributed by atoms with Gasteiger partial charge in [0, 0.05) is 6.54 Å². The van der Waals surface area contributed by atoms with Crippen LogP contribution in [0.2, 0.25) is 5.15 Å². The van der Waals surface area contributed by atoms with Crippen LogP contribution in [-0.2, 0) is 0 Å². The van der Waals surface area contributed by atoms with Crippen molar-refractivity contribution < 1.29 is 4.79 Å². The van der Waals surface area contributed by atoms with Gasteiger partial charge < -0.3 is 5.32 Å². The Kier molecular flexibility index (Phi) is 2.61. The number of halogens is 1. The highest BCUT2D eigenvalue weighted by molar-refractivity contribution is 6.29. The third-order valence-electron chi connectivity index (χ3n) is 2.64. The normalized spacial score (nSPS) is 17.2. The van der Waals surface area contributed by atoms with E-state index in [2.05, 4.69) is 22.4 Å². The van der Waals surface area contributed by atoms with E-state index in [0.29, 0.717) is 22.8 Å². The first-order chi connectivity index (χ1) is 7.09. The van der Waals surface area contributed by atoms with Crippen molar-refractivity contribution in [2.75, 3.05) is 6.54 Å².